The third-order valence-electron chi connectivity index (χ3n) is 4.48. The van der Waals surface area contributed by atoms with Gasteiger partial charge in [-0.15, -0.1) is 0 Å². The highest BCUT2D eigenvalue weighted by Crippen LogP contribution is 2.30. The monoisotopic (exact) mass is 320 g/mol. The van der Waals surface area contributed by atoms with Crippen molar-refractivity contribution in [3.8, 4) is 0 Å². The van der Waals surface area contributed by atoms with Crippen LogP contribution in [0.25, 0.3) is 0 Å². The molecule has 6 atom stereocenters. The third kappa shape index (κ3) is 5.15. The number of hydrogen-bond acceptors (Lipinski definition) is 6. The molecule has 132 valence electrons. The molecule has 0 aromatic rings. The highest BCUT2D eigenvalue weighted by molar-refractivity contribution is 4.90. The minimum atomic E-state index is -1.40. The number of hydrogen-bond donors (Lipinski definition) is 4. The topological polar surface area (TPSA) is 99.4 Å². The van der Waals surface area contributed by atoms with Gasteiger partial charge in [-0.3, -0.25) is 0 Å². The molecule has 6 unspecified atom stereocenters. The van der Waals surface area contributed by atoms with Crippen LogP contribution in [0.3, 0.4) is 0 Å². The fourth-order valence-electron chi connectivity index (χ4n) is 2.65. The maximum Gasteiger partial charge on any atom is 0.187 e. The Morgan fingerprint density at radius 3 is 2.27 bits per heavy atom. The van der Waals surface area contributed by atoms with Crippen LogP contribution < -0.4 is 0 Å². The van der Waals surface area contributed by atoms with Crippen molar-refractivity contribution in [1.29, 1.82) is 0 Å². The number of rotatable bonds is 8. The standard InChI is InChI=1S/C16H32O6/c1-5-16(4,8-6-7-10(2)3)22-15-14(20)13(19)12(18)11(9-17)21-15/h10-15,17-20H,5-9H2,1-4H3. The first kappa shape index (κ1) is 19.8. The van der Waals surface area contributed by atoms with E-state index in [4.69, 9.17) is 9.47 Å². The summed E-state index contributed by atoms with van der Waals surface area (Å²) in [6, 6.07) is 0. The molecule has 1 aliphatic heterocycles. The summed E-state index contributed by atoms with van der Waals surface area (Å²) in [6.07, 6.45) is -2.43. The van der Waals surface area contributed by atoms with Crippen molar-refractivity contribution in [2.24, 2.45) is 5.92 Å². The SMILES string of the molecule is CCC(C)(CCCC(C)C)OC1OC(CO)C(O)C(O)C1O. The van der Waals surface area contributed by atoms with Crippen LogP contribution in [0.2, 0.25) is 0 Å². The van der Waals surface area contributed by atoms with Gasteiger partial charge < -0.3 is 29.9 Å². The Hall–Kier alpha value is -0.240. The van der Waals surface area contributed by atoms with Gasteiger partial charge in [0, 0.05) is 0 Å². The summed E-state index contributed by atoms with van der Waals surface area (Å²) < 4.78 is 11.3. The number of aliphatic hydroxyl groups is 4. The molecule has 1 fully saturated rings. The average Bonchev–Trinajstić information content (AvgIpc) is 2.47. The molecule has 0 amide bonds. The second-order valence-electron chi connectivity index (χ2n) is 6.90. The van der Waals surface area contributed by atoms with Crippen molar-refractivity contribution in [2.75, 3.05) is 6.61 Å². The maximum absolute atomic E-state index is 10.1. The lowest BCUT2D eigenvalue weighted by Crippen LogP contribution is -2.60. The molecule has 0 spiro atoms. The van der Waals surface area contributed by atoms with Gasteiger partial charge in [0.25, 0.3) is 0 Å². The van der Waals surface area contributed by atoms with Gasteiger partial charge in [0.1, 0.15) is 24.4 Å². The molecule has 0 aliphatic carbocycles. The summed E-state index contributed by atoms with van der Waals surface area (Å²) in [5.41, 5.74) is -0.484. The highest BCUT2D eigenvalue weighted by Gasteiger charge is 2.46. The second kappa shape index (κ2) is 8.57. The Labute approximate surface area is 133 Å². The predicted molar refractivity (Wildman–Crippen MR) is 82.2 cm³/mol. The molecule has 22 heavy (non-hydrogen) atoms. The molecule has 6 nitrogen and oxygen atoms in total. The van der Waals surface area contributed by atoms with Crippen LogP contribution in [0.1, 0.15) is 53.4 Å². The predicted octanol–water partition coefficient (Wildman–Crippen LogP) is 0.798. The number of ether oxygens (including phenoxy) is 2. The zero-order valence-corrected chi connectivity index (χ0v) is 14.1. The molecule has 0 bridgehead atoms. The molecule has 0 saturated carbocycles. The summed E-state index contributed by atoms with van der Waals surface area (Å²) in [5.74, 6) is 0.619. The Kier molecular flexibility index (Phi) is 7.71. The molecule has 4 N–H and O–H groups in total. The van der Waals surface area contributed by atoms with Gasteiger partial charge in [0.15, 0.2) is 6.29 Å². The summed E-state index contributed by atoms with van der Waals surface area (Å²) in [6.45, 7) is 7.85. The summed E-state index contributed by atoms with van der Waals surface area (Å²) in [7, 11) is 0. The zero-order valence-electron chi connectivity index (χ0n) is 14.1. The van der Waals surface area contributed by atoms with E-state index in [9.17, 15) is 20.4 Å². The molecule has 1 saturated heterocycles. The average molecular weight is 320 g/mol. The Morgan fingerprint density at radius 2 is 1.77 bits per heavy atom. The fraction of sp³-hybridized carbons (Fsp3) is 1.00. The van der Waals surface area contributed by atoms with Crippen LogP contribution in [0.4, 0.5) is 0 Å². The molecule has 1 aliphatic rings. The van der Waals surface area contributed by atoms with E-state index < -0.39 is 42.9 Å². The van der Waals surface area contributed by atoms with E-state index in [1.54, 1.807) is 0 Å². The molecular formula is C16H32O6. The van der Waals surface area contributed by atoms with E-state index in [1.165, 1.54) is 0 Å². The van der Waals surface area contributed by atoms with E-state index in [2.05, 4.69) is 13.8 Å². The lowest BCUT2D eigenvalue weighted by molar-refractivity contribution is -0.326. The Morgan fingerprint density at radius 1 is 1.14 bits per heavy atom. The van der Waals surface area contributed by atoms with Gasteiger partial charge in [-0.25, -0.2) is 0 Å². The summed E-state index contributed by atoms with van der Waals surface area (Å²) in [5, 5.41) is 38.9. The second-order valence-corrected chi connectivity index (χ2v) is 6.90. The molecule has 1 rings (SSSR count). The smallest absolute Gasteiger partial charge is 0.187 e. The van der Waals surface area contributed by atoms with Crippen LogP contribution >= 0.6 is 0 Å². The van der Waals surface area contributed by atoms with Crippen molar-refractivity contribution >= 4 is 0 Å². The van der Waals surface area contributed by atoms with Gasteiger partial charge >= 0.3 is 0 Å². The quantitative estimate of drug-likeness (QED) is 0.528. The van der Waals surface area contributed by atoms with Crippen LogP contribution in [0, 0.1) is 5.92 Å². The molecule has 0 aromatic heterocycles. The fourth-order valence-corrected chi connectivity index (χ4v) is 2.65. The van der Waals surface area contributed by atoms with Crippen molar-refractivity contribution in [3.05, 3.63) is 0 Å². The molecule has 6 heteroatoms. The van der Waals surface area contributed by atoms with E-state index in [1.807, 2.05) is 13.8 Å². The van der Waals surface area contributed by atoms with Gasteiger partial charge in [-0.1, -0.05) is 33.6 Å². The van der Waals surface area contributed by atoms with Gasteiger partial charge in [-0.05, 0) is 25.7 Å². The van der Waals surface area contributed by atoms with E-state index >= 15 is 0 Å². The molecular weight excluding hydrogens is 288 g/mol. The van der Waals surface area contributed by atoms with Gasteiger partial charge in [-0.2, -0.15) is 0 Å². The summed E-state index contributed by atoms with van der Waals surface area (Å²) >= 11 is 0. The Balaban J connectivity index is 2.67. The van der Waals surface area contributed by atoms with Gasteiger partial charge in [0.05, 0.1) is 12.2 Å². The number of aliphatic hydroxyl groups excluding tert-OH is 4. The normalized spacial score (nSPS) is 35.6. The first-order chi connectivity index (χ1) is 10.2. The van der Waals surface area contributed by atoms with Crippen LogP contribution in [-0.2, 0) is 9.47 Å². The van der Waals surface area contributed by atoms with Crippen LogP contribution in [-0.4, -0.2) is 63.3 Å². The lowest BCUT2D eigenvalue weighted by atomic mass is 9.92. The highest BCUT2D eigenvalue weighted by atomic mass is 16.7. The largest absolute Gasteiger partial charge is 0.394 e. The molecule has 0 radical (unpaired) electrons. The van der Waals surface area contributed by atoms with Crippen molar-refractivity contribution in [2.45, 2.75) is 89.7 Å². The first-order valence-electron chi connectivity index (χ1n) is 8.22. The van der Waals surface area contributed by atoms with Crippen molar-refractivity contribution in [1.82, 2.24) is 0 Å². The minimum absolute atomic E-state index is 0.443. The van der Waals surface area contributed by atoms with Crippen molar-refractivity contribution < 1.29 is 29.9 Å². The van der Waals surface area contributed by atoms with E-state index in [0.717, 1.165) is 25.7 Å². The van der Waals surface area contributed by atoms with Crippen LogP contribution in [0.5, 0.6) is 0 Å². The lowest BCUT2D eigenvalue weighted by Gasteiger charge is -2.43. The third-order valence-corrected chi connectivity index (χ3v) is 4.48. The first-order valence-corrected chi connectivity index (χ1v) is 8.22. The van der Waals surface area contributed by atoms with Gasteiger partial charge in [0.2, 0.25) is 0 Å². The van der Waals surface area contributed by atoms with Crippen molar-refractivity contribution in [3.63, 3.8) is 0 Å². The molecule has 1 heterocycles. The minimum Gasteiger partial charge on any atom is -0.394 e. The van der Waals surface area contributed by atoms with E-state index in [-0.39, 0.29) is 0 Å². The zero-order chi connectivity index (χ0) is 16.9. The maximum atomic E-state index is 10.1. The Bertz CT molecular complexity index is 322. The molecule has 0 aromatic carbocycles. The summed E-state index contributed by atoms with van der Waals surface area (Å²) in [4.78, 5) is 0. The van der Waals surface area contributed by atoms with Crippen LogP contribution in [0.15, 0.2) is 0 Å². The van der Waals surface area contributed by atoms with E-state index in [0.29, 0.717) is 5.92 Å².